The lowest BCUT2D eigenvalue weighted by Gasteiger charge is -2.35. The van der Waals surface area contributed by atoms with E-state index in [1.54, 1.807) is 0 Å². The van der Waals surface area contributed by atoms with Crippen LogP contribution in [0.1, 0.15) is 54.4 Å². The Bertz CT molecular complexity index is 1010. The molecule has 0 aliphatic carbocycles. The van der Waals surface area contributed by atoms with Gasteiger partial charge in [0, 0.05) is 56.8 Å². The first-order valence-corrected chi connectivity index (χ1v) is 12.2. The number of aromatic nitrogens is 2. The molecule has 9 nitrogen and oxygen atoms in total. The molecule has 34 heavy (non-hydrogen) atoms. The molecule has 9 heteroatoms. The van der Waals surface area contributed by atoms with Crippen LogP contribution in [0, 0.1) is 6.92 Å². The minimum Gasteiger partial charge on any atom is -0.381 e. The zero-order valence-electron chi connectivity index (χ0n) is 20.7. The normalized spacial score (nSPS) is 17.7. The highest BCUT2D eigenvalue weighted by molar-refractivity contribution is 5.96. The molecule has 2 fully saturated rings. The number of carbonyl (C=O) groups excluding carboxylic acids is 1. The monoisotopic (exact) mass is 467 g/mol. The van der Waals surface area contributed by atoms with Crippen LogP contribution in [0.5, 0.6) is 0 Å². The van der Waals surface area contributed by atoms with Gasteiger partial charge in [-0.2, -0.15) is 0 Å². The third-order valence-corrected chi connectivity index (χ3v) is 6.57. The Balaban J connectivity index is 1.61. The van der Waals surface area contributed by atoms with Gasteiger partial charge in [0.15, 0.2) is 17.3 Å². The average molecular weight is 468 g/mol. The number of likely N-dealkylation sites (N-methyl/N-ethyl adjacent to an activating group) is 1. The Morgan fingerprint density at radius 1 is 1.12 bits per heavy atom. The molecular weight excluding hydrogens is 430 g/mol. The number of hydrogen-bond acceptors (Lipinski definition) is 8. The lowest BCUT2D eigenvalue weighted by atomic mass is 10.1. The smallest absolute Gasteiger partial charge is 0.271 e. The van der Waals surface area contributed by atoms with Gasteiger partial charge in [0.1, 0.15) is 0 Å². The number of piperazine rings is 1. The van der Waals surface area contributed by atoms with Crippen molar-refractivity contribution in [3.63, 3.8) is 0 Å². The largest absolute Gasteiger partial charge is 0.381 e. The zero-order valence-corrected chi connectivity index (χ0v) is 20.7. The first-order chi connectivity index (χ1) is 16.3. The van der Waals surface area contributed by atoms with E-state index >= 15 is 0 Å². The molecule has 2 aliphatic rings. The summed E-state index contributed by atoms with van der Waals surface area (Å²) in [5, 5.41) is 6.84. The number of ether oxygens (including phenoxy) is 1. The van der Waals surface area contributed by atoms with Crippen LogP contribution in [0.2, 0.25) is 0 Å². The van der Waals surface area contributed by atoms with Gasteiger partial charge in [-0.1, -0.05) is 13.8 Å². The molecule has 2 saturated heterocycles. The highest BCUT2D eigenvalue weighted by Crippen LogP contribution is 2.30. The van der Waals surface area contributed by atoms with E-state index in [1.165, 1.54) is 11.3 Å². The predicted octanol–water partition coefficient (Wildman–Crippen LogP) is 3.09. The second-order valence-electron chi connectivity index (χ2n) is 9.62. The maximum absolute atomic E-state index is 12.3. The maximum atomic E-state index is 12.3. The van der Waals surface area contributed by atoms with Crippen LogP contribution in [0.25, 0.3) is 0 Å². The van der Waals surface area contributed by atoms with E-state index in [2.05, 4.69) is 51.5 Å². The molecule has 184 valence electrons. The first-order valence-electron chi connectivity index (χ1n) is 12.2. The van der Waals surface area contributed by atoms with Gasteiger partial charge in [0.05, 0.1) is 5.69 Å². The second kappa shape index (κ2) is 10.6. The van der Waals surface area contributed by atoms with E-state index < -0.39 is 5.91 Å². The minimum atomic E-state index is -0.597. The lowest BCUT2D eigenvalue weighted by Crippen LogP contribution is -2.44. The molecule has 2 aliphatic heterocycles. The quantitative estimate of drug-likeness (QED) is 0.570. The molecule has 0 unspecified atom stereocenters. The Morgan fingerprint density at radius 3 is 2.44 bits per heavy atom. The standard InChI is InChI=1S/C25H37N7O2/c1-16(2)21-24(27-18-7-13-34-14-8-18)30-25(22(29-21)23(26)33)28-19-5-6-20(17(3)15-19)32-11-9-31(4)10-12-32/h5-6,15-16,18H,7-14H2,1-4H3,(H2,26,33)(H2,27,28,30). The molecule has 0 saturated carbocycles. The molecule has 0 spiro atoms. The van der Waals surface area contributed by atoms with Crippen LogP contribution in [-0.2, 0) is 4.74 Å². The van der Waals surface area contributed by atoms with Crippen LogP contribution >= 0.6 is 0 Å². The SMILES string of the molecule is Cc1cc(Nc2nc(NC3CCOCC3)c(C(C)C)nc2C(N)=O)ccc1N1CCN(C)CC1. The number of nitrogens with two attached hydrogens (primary N) is 1. The molecule has 0 radical (unpaired) electrons. The molecule has 2 aromatic rings. The fraction of sp³-hybridized carbons (Fsp3) is 0.560. The molecule has 0 bridgehead atoms. The summed E-state index contributed by atoms with van der Waals surface area (Å²) in [4.78, 5) is 26.5. The van der Waals surface area contributed by atoms with Gasteiger partial charge in [-0.3, -0.25) is 4.79 Å². The summed E-state index contributed by atoms with van der Waals surface area (Å²) in [6.07, 6.45) is 1.82. The Morgan fingerprint density at radius 2 is 1.82 bits per heavy atom. The third-order valence-electron chi connectivity index (χ3n) is 6.57. The summed E-state index contributed by atoms with van der Waals surface area (Å²) >= 11 is 0. The summed E-state index contributed by atoms with van der Waals surface area (Å²) in [7, 11) is 2.16. The molecule has 1 amide bonds. The molecule has 4 rings (SSSR count). The van der Waals surface area contributed by atoms with E-state index in [-0.39, 0.29) is 17.7 Å². The number of benzene rings is 1. The van der Waals surface area contributed by atoms with Crippen molar-refractivity contribution in [1.82, 2.24) is 14.9 Å². The number of rotatable bonds is 7. The average Bonchev–Trinajstić information content (AvgIpc) is 2.80. The minimum absolute atomic E-state index is 0.0899. The summed E-state index contributed by atoms with van der Waals surface area (Å²) in [5.74, 6) is 0.561. The number of anilines is 4. The van der Waals surface area contributed by atoms with Crippen molar-refractivity contribution in [2.24, 2.45) is 5.73 Å². The maximum Gasteiger partial charge on any atom is 0.271 e. The number of amides is 1. The molecular formula is C25H37N7O2. The number of primary amides is 1. The van der Waals surface area contributed by atoms with Gasteiger partial charge >= 0.3 is 0 Å². The van der Waals surface area contributed by atoms with Crippen molar-refractivity contribution in [1.29, 1.82) is 0 Å². The van der Waals surface area contributed by atoms with E-state index in [9.17, 15) is 4.79 Å². The summed E-state index contributed by atoms with van der Waals surface area (Å²) in [6.45, 7) is 11.8. The van der Waals surface area contributed by atoms with E-state index in [1.807, 2.05) is 19.9 Å². The number of nitrogens with zero attached hydrogens (tertiary/aromatic N) is 4. The number of hydrogen-bond donors (Lipinski definition) is 3. The topological polar surface area (TPSA) is 109 Å². The van der Waals surface area contributed by atoms with Crippen molar-refractivity contribution < 1.29 is 9.53 Å². The second-order valence-corrected chi connectivity index (χ2v) is 9.62. The van der Waals surface area contributed by atoms with E-state index in [4.69, 9.17) is 15.5 Å². The molecule has 1 aromatic heterocycles. The van der Waals surface area contributed by atoms with Crippen molar-refractivity contribution >= 4 is 28.9 Å². The van der Waals surface area contributed by atoms with Crippen molar-refractivity contribution in [2.75, 3.05) is 62.0 Å². The fourth-order valence-corrected chi connectivity index (χ4v) is 4.52. The highest BCUT2D eigenvalue weighted by Gasteiger charge is 2.23. The van der Waals surface area contributed by atoms with Crippen molar-refractivity contribution in [3.05, 3.63) is 35.2 Å². The summed E-state index contributed by atoms with van der Waals surface area (Å²) in [5.41, 5.74) is 9.85. The fourth-order valence-electron chi connectivity index (χ4n) is 4.52. The van der Waals surface area contributed by atoms with Gasteiger partial charge in [-0.25, -0.2) is 9.97 Å². The van der Waals surface area contributed by atoms with Crippen LogP contribution in [0.15, 0.2) is 18.2 Å². The molecule has 3 heterocycles. The molecule has 1 aromatic carbocycles. The third kappa shape index (κ3) is 5.59. The van der Waals surface area contributed by atoms with Crippen LogP contribution in [-0.4, -0.2) is 73.3 Å². The molecule has 4 N–H and O–H groups in total. The zero-order chi connectivity index (χ0) is 24.2. The summed E-state index contributed by atoms with van der Waals surface area (Å²) < 4.78 is 5.48. The van der Waals surface area contributed by atoms with Gasteiger partial charge in [-0.15, -0.1) is 0 Å². The van der Waals surface area contributed by atoms with Gasteiger partial charge in [0.25, 0.3) is 5.91 Å². The lowest BCUT2D eigenvalue weighted by molar-refractivity contribution is 0.0903. The Kier molecular flexibility index (Phi) is 7.53. The molecule has 0 atom stereocenters. The van der Waals surface area contributed by atoms with Crippen LogP contribution in [0.3, 0.4) is 0 Å². The number of nitrogens with one attached hydrogen (secondary N) is 2. The first kappa shape index (κ1) is 24.2. The predicted molar refractivity (Wildman–Crippen MR) is 136 cm³/mol. The van der Waals surface area contributed by atoms with Gasteiger partial charge < -0.3 is 30.9 Å². The van der Waals surface area contributed by atoms with E-state index in [0.29, 0.717) is 11.6 Å². The van der Waals surface area contributed by atoms with Crippen LogP contribution < -0.4 is 21.3 Å². The van der Waals surface area contributed by atoms with Gasteiger partial charge in [-0.05, 0) is 56.5 Å². The number of carbonyl (C=O) groups is 1. The Labute approximate surface area is 202 Å². The Hall–Kier alpha value is -2.91. The van der Waals surface area contributed by atoms with Crippen LogP contribution in [0.4, 0.5) is 23.0 Å². The summed E-state index contributed by atoms with van der Waals surface area (Å²) in [6, 6.07) is 6.50. The number of aryl methyl sites for hydroxylation is 1. The van der Waals surface area contributed by atoms with Crippen molar-refractivity contribution in [2.45, 2.75) is 45.6 Å². The van der Waals surface area contributed by atoms with Crippen molar-refractivity contribution in [3.8, 4) is 0 Å². The van der Waals surface area contributed by atoms with Gasteiger partial charge in [0.2, 0.25) is 0 Å². The highest BCUT2D eigenvalue weighted by atomic mass is 16.5. The van der Waals surface area contributed by atoms with E-state index in [0.717, 1.165) is 63.6 Å².